The molecule has 0 aliphatic heterocycles. The molecule has 0 nitrogen and oxygen atoms in total. The largest absolute Gasteiger partial charge is 1.00 e. The minimum absolute atomic E-state index is 0. The molecule has 232 valence electrons. The standard InChI is InChI=1S/2C18H13.2C3H6.2ClH.2Zr/c2*1-2-7-13(6-1)15-10-5-11-17-16-9-4-3-8-14(16)12-18(15)17;2*1-3-2;;;;/h2*1-6,8-12H,7H2;2*1-2H3;2*1H;;/q2*-1;;;;;;/p-2. The van der Waals surface area contributed by atoms with Crippen LogP contribution < -0.4 is 24.8 Å². The number of fused-ring (bicyclic) bond motifs is 6. The van der Waals surface area contributed by atoms with E-state index in [4.69, 9.17) is 0 Å². The summed E-state index contributed by atoms with van der Waals surface area (Å²) in [6, 6.07) is 35.2. The van der Waals surface area contributed by atoms with Gasteiger partial charge in [0.1, 0.15) is 0 Å². The fourth-order valence-corrected chi connectivity index (χ4v) is 5.81. The molecule has 2 aliphatic rings. The van der Waals surface area contributed by atoms with E-state index >= 15 is 0 Å². The van der Waals surface area contributed by atoms with Crippen molar-refractivity contribution < 1.29 is 73.3 Å². The third-order valence-corrected chi connectivity index (χ3v) is 7.55. The van der Waals surface area contributed by atoms with Crippen molar-refractivity contribution in [2.45, 2.75) is 40.5 Å². The van der Waals surface area contributed by atoms with Crippen LogP contribution in [0.2, 0.25) is 0 Å². The van der Waals surface area contributed by atoms with Crippen molar-refractivity contribution in [2.75, 3.05) is 0 Å². The van der Waals surface area contributed by atoms with Gasteiger partial charge in [0, 0.05) is 0 Å². The number of hydrogen-bond acceptors (Lipinski definition) is 0. The molecule has 0 N–H and O–H groups in total. The molecule has 0 unspecified atom stereocenters. The minimum atomic E-state index is 0. The van der Waals surface area contributed by atoms with Crippen molar-refractivity contribution in [1.29, 1.82) is 0 Å². The van der Waals surface area contributed by atoms with E-state index in [2.05, 4.69) is 161 Å². The number of rotatable bonds is 2. The Bertz CT molecular complexity index is 1940. The van der Waals surface area contributed by atoms with Gasteiger partial charge in [-0.1, -0.05) is 132 Å². The second-order valence-corrected chi connectivity index (χ2v) is 16.6. The van der Waals surface area contributed by atoms with Crippen LogP contribution in [-0.4, -0.2) is 6.41 Å². The molecule has 46 heavy (non-hydrogen) atoms. The fraction of sp³-hybridized carbons (Fsp3) is 0.143. The van der Waals surface area contributed by atoms with Crippen LogP contribution >= 0.6 is 0 Å². The summed E-state index contributed by atoms with van der Waals surface area (Å²) < 4.78 is 3.01. The van der Waals surface area contributed by atoms with E-state index in [1.54, 1.807) is 48.5 Å². The molecule has 4 heteroatoms. The van der Waals surface area contributed by atoms with Gasteiger partial charge in [-0.2, -0.15) is 0 Å². The first-order valence-corrected chi connectivity index (χ1v) is 17.7. The molecule has 0 fully saturated rings. The predicted molar refractivity (Wildman–Crippen MR) is 190 cm³/mol. The molecule has 0 spiro atoms. The average Bonchev–Trinajstić information content (AvgIpc) is 3.82. The first-order chi connectivity index (χ1) is 21.3. The first-order valence-electron chi connectivity index (χ1n) is 15.2. The SMILES string of the molecule is C1=CCC(c2cccc3c2[cH-]c2ccccc23)=C1.C1=CCC(c2cccc3c2[cH-]c2ccccc23)=C1.C[C](C)=[Zr].C[C](C)=[Zr].[Cl-].[Cl-]. The molecule has 0 bridgehead atoms. The van der Waals surface area contributed by atoms with Crippen LogP contribution in [-0.2, 0) is 48.5 Å². The van der Waals surface area contributed by atoms with Gasteiger partial charge < -0.3 is 24.8 Å². The molecule has 0 amide bonds. The van der Waals surface area contributed by atoms with Gasteiger partial charge in [-0.15, -0.1) is 67.4 Å². The molecule has 0 aromatic heterocycles. The maximum absolute atomic E-state index is 2.32. The summed E-state index contributed by atoms with van der Waals surface area (Å²) in [5.41, 5.74) is 5.62. The quantitative estimate of drug-likeness (QED) is 0.200. The smallest absolute Gasteiger partial charge is 1.00 e. The van der Waals surface area contributed by atoms with E-state index in [1.165, 1.54) is 71.8 Å². The van der Waals surface area contributed by atoms with Crippen LogP contribution in [0.25, 0.3) is 54.2 Å². The topological polar surface area (TPSA) is 0 Å². The molecule has 0 atom stereocenters. The summed E-state index contributed by atoms with van der Waals surface area (Å²) in [5, 5.41) is 10.9. The molecular weight excluding hydrogens is 758 g/mol. The maximum Gasteiger partial charge on any atom is -1.00 e. The molecule has 0 heterocycles. The van der Waals surface area contributed by atoms with Gasteiger partial charge in [0.05, 0.1) is 0 Å². The number of halogens is 2. The summed E-state index contributed by atoms with van der Waals surface area (Å²) in [6.07, 6.45) is 15.3. The van der Waals surface area contributed by atoms with Gasteiger partial charge in [-0.25, -0.2) is 0 Å². The second kappa shape index (κ2) is 18.3. The summed E-state index contributed by atoms with van der Waals surface area (Å²) in [7, 11) is 0. The van der Waals surface area contributed by atoms with Crippen LogP contribution in [0.15, 0.2) is 134 Å². The van der Waals surface area contributed by atoms with E-state index in [0.717, 1.165) is 12.8 Å². The summed E-state index contributed by atoms with van der Waals surface area (Å²) >= 11 is 3.11. The molecular formula is C42H38Cl2Zr2-4. The van der Waals surface area contributed by atoms with Gasteiger partial charge >= 0.3 is 82.6 Å². The molecule has 6 aromatic carbocycles. The minimum Gasteiger partial charge on any atom is -1.00 e. The van der Waals surface area contributed by atoms with E-state index < -0.39 is 0 Å². The van der Waals surface area contributed by atoms with Gasteiger partial charge in [-0.05, 0) is 12.8 Å². The first kappa shape index (κ1) is 38.1. The molecule has 8 rings (SSSR count). The Balaban J connectivity index is 0.000000197. The molecule has 0 saturated carbocycles. The Hall–Kier alpha value is -2.33. The summed E-state index contributed by atoms with van der Waals surface area (Å²) in [4.78, 5) is 0. The Morgan fingerprint density at radius 3 is 1.20 bits per heavy atom. The zero-order valence-corrected chi connectivity index (χ0v) is 33.3. The van der Waals surface area contributed by atoms with E-state index in [-0.39, 0.29) is 24.8 Å². The van der Waals surface area contributed by atoms with Crippen LogP contribution in [0.1, 0.15) is 51.7 Å². The van der Waals surface area contributed by atoms with Crippen LogP contribution in [0.5, 0.6) is 0 Å². The number of allylic oxidation sites excluding steroid dienone is 8. The zero-order valence-electron chi connectivity index (χ0n) is 26.9. The third kappa shape index (κ3) is 9.39. The Kier molecular flexibility index (Phi) is 15.1. The second-order valence-electron chi connectivity index (χ2n) is 11.6. The van der Waals surface area contributed by atoms with Crippen LogP contribution in [0, 0.1) is 0 Å². The maximum atomic E-state index is 2.32. The van der Waals surface area contributed by atoms with Crippen LogP contribution in [0.3, 0.4) is 0 Å². The van der Waals surface area contributed by atoms with Gasteiger partial charge in [-0.3, -0.25) is 0 Å². The van der Waals surface area contributed by atoms with Gasteiger partial charge in [0.15, 0.2) is 0 Å². The Morgan fingerprint density at radius 1 is 0.500 bits per heavy atom. The van der Waals surface area contributed by atoms with Gasteiger partial charge in [0.2, 0.25) is 0 Å². The zero-order chi connectivity index (χ0) is 31.1. The number of hydrogen-bond donors (Lipinski definition) is 0. The van der Waals surface area contributed by atoms with Crippen molar-refractivity contribution >= 4 is 60.6 Å². The Labute approximate surface area is 316 Å². The normalized spacial score (nSPS) is 12.5. The fourth-order valence-electron chi connectivity index (χ4n) is 5.81. The van der Waals surface area contributed by atoms with Gasteiger partial charge in [0.25, 0.3) is 0 Å². The third-order valence-electron chi connectivity index (χ3n) is 7.55. The van der Waals surface area contributed by atoms with Crippen molar-refractivity contribution in [3.05, 3.63) is 145 Å². The molecule has 2 aliphatic carbocycles. The molecule has 0 saturated heterocycles. The van der Waals surface area contributed by atoms with E-state index in [1.807, 2.05) is 0 Å². The molecule has 0 radical (unpaired) electrons. The van der Waals surface area contributed by atoms with Crippen molar-refractivity contribution in [3.8, 4) is 0 Å². The monoisotopic (exact) mass is 792 g/mol. The summed E-state index contributed by atoms with van der Waals surface area (Å²) in [5.74, 6) is 0. The predicted octanol–water partition coefficient (Wildman–Crippen LogP) is 5.61. The summed E-state index contributed by atoms with van der Waals surface area (Å²) in [6.45, 7) is 8.49. The average molecular weight is 796 g/mol. The van der Waals surface area contributed by atoms with Crippen molar-refractivity contribution in [3.63, 3.8) is 0 Å². The van der Waals surface area contributed by atoms with E-state index in [0.29, 0.717) is 0 Å². The Morgan fingerprint density at radius 2 is 0.848 bits per heavy atom. The van der Waals surface area contributed by atoms with Crippen molar-refractivity contribution in [2.24, 2.45) is 0 Å². The van der Waals surface area contributed by atoms with Crippen LogP contribution in [0.4, 0.5) is 0 Å². The number of benzene rings is 4. The van der Waals surface area contributed by atoms with E-state index in [9.17, 15) is 0 Å². The molecule has 6 aromatic rings. The van der Waals surface area contributed by atoms with Crippen molar-refractivity contribution in [1.82, 2.24) is 0 Å².